The second kappa shape index (κ2) is 4.04. The summed E-state index contributed by atoms with van der Waals surface area (Å²) in [5.41, 5.74) is 0. The Bertz CT molecular complexity index is 474. The molecule has 0 spiro atoms. The Morgan fingerprint density at radius 2 is 2.11 bits per heavy atom. The van der Waals surface area contributed by atoms with Crippen LogP contribution in [0.4, 0.5) is 0 Å². The number of aromatic amines is 1. The molecule has 1 aromatic rings. The lowest BCUT2D eigenvalue weighted by molar-refractivity contribution is -0.144. The van der Waals surface area contributed by atoms with Gasteiger partial charge in [0.15, 0.2) is 0 Å². The summed E-state index contributed by atoms with van der Waals surface area (Å²) in [7, 11) is 0. The number of hydrogen-bond donors (Lipinski definition) is 3. The lowest BCUT2D eigenvalue weighted by Crippen LogP contribution is -2.47. The third-order valence-corrected chi connectivity index (χ3v) is 4.05. The van der Waals surface area contributed by atoms with Crippen LogP contribution < -0.4 is 5.32 Å². The van der Waals surface area contributed by atoms with Crippen molar-refractivity contribution in [1.82, 2.24) is 25.9 Å². The number of hydrogen-bond acceptors (Lipinski definition) is 5. The summed E-state index contributed by atoms with van der Waals surface area (Å²) in [6, 6.07) is -0.313. The monoisotopic (exact) mass is 251 g/mol. The van der Waals surface area contributed by atoms with Crippen LogP contribution in [0.25, 0.3) is 0 Å². The number of fused-ring (bicyclic) bond motifs is 2. The third kappa shape index (κ3) is 1.64. The number of nitrogens with one attached hydrogen (secondary N) is 2. The molecule has 18 heavy (non-hydrogen) atoms. The minimum atomic E-state index is -0.833. The number of aliphatic carboxylic acids is 1. The molecular formula is C10H13N5O3. The Labute approximate surface area is 102 Å². The zero-order chi connectivity index (χ0) is 12.7. The maximum Gasteiger partial charge on any atom is 0.308 e. The van der Waals surface area contributed by atoms with Crippen LogP contribution in [-0.2, 0) is 4.79 Å². The number of H-pyrrole nitrogens is 1. The Morgan fingerprint density at radius 1 is 1.33 bits per heavy atom. The summed E-state index contributed by atoms with van der Waals surface area (Å²) in [5.74, 6) is -1.40. The minimum absolute atomic E-state index is 0.0538. The van der Waals surface area contributed by atoms with Gasteiger partial charge in [0.25, 0.3) is 11.7 Å². The van der Waals surface area contributed by atoms with E-state index in [1.807, 2.05) is 0 Å². The molecule has 0 aromatic carbocycles. The average Bonchev–Trinajstić information content (AvgIpc) is 3.05. The van der Waals surface area contributed by atoms with E-state index in [2.05, 4.69) is 25.9 Å². The van der Waals surface area contributed by atoms with Crippen LogP contribution in [0.5, 0.6) is 0 Å². The highest BCUT2D eigenvalue weighted by Gasteiger charge is 2.51. The number of carboxylic acids is 1. The zero-order valence-corrected chi connectivity index (χ0v) is 9.54. The Morgan fingerprint density at radius 3 is 2.78 bits per heavy atom. The van der Waals surface area contributed by atoms with Crippen LogP contribution in [0.1, 0.15) is 29.9 Å². The van der Waals surface area contributed by atoms with Crippen molar-refractivity contribution in [1.29, 1.82) is 0 Å². The summed E-state index contributed by atoms with van der Waals surface area (Å²) < 4.78 is 0. The zero-order valence-electron chi connectivity index (χ0n) is 9.54. The van der Waals surface area contributed by atoms with Gasteiger partial charge in [-0.25, -0.2) is 0 Å². The molecule has 0 radical (unpaired) electrons. The van der Waals surface area contributed by atoms with E-state index in [-0.39, 0.29) is 23.7 Å². The second-order valence-electron chi connectivity index (χ2n) is 4.93. The maximum absolute atomic E-state index is 11.8. The molecule has 1 amide bonds. The quantitative estimate of drug-likeness (QED) is 0.661. The van der Waals surface area contributed by atoms with Crippen LogP contribution in [0.3, 0.4) is 0 Å². The van der Waals surface area contributed by atoms with E-state index in [1.54, 1.807) is 0 Å². The second-order valence-corrected chi connectivity index (χ2v) is 4.93. The van der Waals surface area contributed by atoms with Crippen molar-refractivity contribution in [3.05, 3.63) is 5.82 Å². The van der Waals surface area contributed by atoms with Gasteiger partial charge >= 0.3 is 5.97 Å². The molecule has 96 valence electrons. The van der Waals surface area contributed by atoms with Gasteiger partial charge in [-0.3, -0.25) is 9.59 Å². The molecule has 4 unspecified atom stereocenters. The molecule has 3 N–H and O–H groups in total. The standard InChI is InChI=1S/C10H13N5O3/c16-9(8-12-14-15-13-8)11-7-5-2-1-4(3-5)6(7)10(17)18/h4-7H,1-3H2,(H,11,16)(H,17,18)(H,12,13,14,15). The van der Waals surface area contributed by atoms with Crippen LogP contribution in [0.2, 0.25) is 0 Å². The molecule has 1 heterocycles. The van der Waals surface area contributed by atoms with E-state index in [4.69, 9.17) is 0 Å². The molecule has 8 nitrogen and oxygen atoms in total. The van der Waals surface area contributed by atoms with Gasteiger partial charge in [-0.05, 0) is 36.3 Å². The number of tetrazole rings is 1. The first-order valence-electron chi connectivity index (χ1n) is 5.94. The van der Waals surface area contributed by atoms with Gasteiger partial charge in [-0.15, -0.1) is 10.2 Å². The number of carbonyl (C=O) groups is 2. The molecule has 2 aliphatic carbocycles. The number of carboxylic acid groups (broad SMARTS) is 1. The lowest BCUT2D eigenvalue weighted by atomic mass is 9.84. The summed E-state index contributed by atoms with van der Waals surface area (Å²) in [4.78, 5) is 23.1. The van der Waals surface area contributed by atoms with E-state index in [0.717, 1.165) is 19.3 Å². The molecule has 2 bridgehead atoms. The van der Waals surface area contributed by atoms with Crippen LogP contribution in [0, 0.1) is 17.8 Å². The molecule has 4 atom stereocenters. The van der Waals surface area contributed by atoms with Gasteiger partial charge in [0.2, 0.25) is 0 Å². The van der Waals surface area contributed by atoms with Crippen molar-refractivity contribution < 1.29 is 14.7 Å². The SMILES string of the molecule is O=C(NC1C2CCC(C2)C1C(=O)O)c1nn[nH]n1. The molecule has 2 aliphatic rings. The Hall–Kier alpha value is -1.99. The number of aromatic nitrogens is 4. The predicted octanol–water partition coefficient (Wildman–Crippen LogP) is -0.571. The van der Waals surface area contributed by atoms with Crippen LogP contribution in [0.15, 0.2) is 0 Å². The number of rotatable bonds is 3. The van der Waals surface area contributed by atoms with Gasteiger partial charge in [0, 0.05) is 6.04 Å². The highest BCUT2D eigenvalue weighted by Crippen LogP contribution is 2.48. The molecule has 2 fully saturated rings. The van der Waals surface area contributed by atoms with Crippen molar-refractivity contribution >= 4 is 11.9 Å². The normalized spacial score (nSPS) is 33.6. The van der Waals surface area contributed by atoms with E-state index >= 15 is 0 Å². The first-order chi connectivity index (χ1) is 8.66. The van der Waals surface area contributed by atoms with E-state index in [1.165, 1.54) is 0 Å². The smallest absolute Gasteiger partial charge is 0.308 e. The average molecular weight is 251 g/mol. The number of carbonyl (C=O) groups excluding carboxylic acids is 1. The summed E-state index contributed by atoms with van der Waals surface area (Å²) in [6.07, 6.45) is 2.80. The first-order valence-corrected chi connectivity index (χ1v) is 5.94. The Balaban J connectivity index is 1.75. The van der Waals surface area contributed by atoms with Gasteiger partial charge < -0.3 is 10.4 Å². The summed E-state index contributed by atoms with van der Waals surface area (Å²) in [6.45, 7) is 0. The fourth-order valence-electron chi connectivity index (χ4n) is 3.33. The fraction of sp³-hybridized carbons (Fsp3) is 0.700. The molecule has 2 saturated carbocycles. The van der Waals surface area contributed by atoms with E-state index in [0.29, 0.717) is 0 Å². The number of nitrogens with zero attached hydrogens (tertiary/aromatic N) is 3. The highest BCUT2D eigenvalue weighted by atomic mass is 16.4. The summed E-state index contributed by atoms with van der Waals surface area (Å²) in [5, 5.41) is 24.7. The highest BCUT2D eigenvalue weighted by molar-refractivity contribution is 5.90. The molecule has 3 rings (SSSR count). The molecule has 0 saturated heterocycles. The molecule has 8 heteroatoms. The third-order valence-electron chi connectivity index (χ3n) is 4.05. The van der Waals surface area contributed by atoms with E-state index < -0.39 is 17.8 Å². The van der Waals surface area contributed by atoms with Crippen LogP contribution >= 0.6 is 0 Å². The van der Waals surface area contributed by atoms with Gasteiger partial charge in [0.05, 0.1) is 5.92 Å². The first kappa shape index (κ1) is 11.1. The molecular weight excluding hydrogens is 238 g/mol. The predicted molar refractivity (Wildman–Crippen MR) is 57.4 cm³/mol. The van der Waals surface area contributed by atoms with Crippen molar-refractivity contribution in [3.63, 3.8) is 0 Å². The van der Waals surface area contributed by atoms with E-state index in [9.17, 15) is 14.7 Å². The largest absolute Gasteiger partial charge is 0.481 e. The lowest BCUT2D eigenvalue weighted by Gasteiger charge is -2.28. The van der Waals surface area contributed by atoms with Crippen molar-refractivity contribution in [2.75, 3.05) is 0 Å². The summed E-state index contributed by atoms with van der Waals surface area (Å²) >= 11 is 0. The van der Waals surface area contributed by atoms with Gasteiger partial charge in [-0.1, -0.05) is 0 Å². The van der Waals surface area contributed by atoms with Crippen molar-refractivity contribution in [2.24, 2.45) is 17.8 Å². The molecule has 1 aromatic heterocycles. The fourth-order valence-corrected chi connectivity index (χ4v) is 3.33. The number of amides is 1. The Kier molecular flexibility index (Phi) is 2.49. The van der Waals surface area contributed by atoms with Crippen molar-refractivity contribution in [2.45, 2.75) is 25.3 Å². The van der Waals surface area contributed by atoms with Crippen LogP contribution in [-0.4, -0.2) is 43.6 Å². The topological polar surface area (TPSA) is 121 Å². The maximum atomic E-state index is 11.8. The molecule has 0 aliphatic heterocycles. The van der Waals surface area contributed by atoms with Crippen molar-refractivity contribution in [3.8, 4) is 0 Å². The van der Waals surface area contributed by atoms with Gasteiger partial charge in [-0.2, -0.15) is 5.21 Å². The minimum Gasteiger partial charge on any atom is -0.481 e. The van der Waals surface area contributed by atoms with Gasteiger partial charge in [0.1, 0.15) is 0 Å².